The molecular weight excluding hydrogens is 424 g/mol. The highest BCUT2D eigenvalue weighted by atomic mass is 16.6. The Morgan fingerprint density at radius 3 is 2.38 bits per heavy atom. The number of rotatable bonds is 15. The van der Waals surface area contributed by atoms with E-state index in [9.17, 15) is 4.79 Å². The number of cyclic esters (lactones) is 1. The standard InChI is InChI=1S/C30H42O4/c1-3-5-7-8-9-13-21-32-26-19-20-28(24-15-11-10-12-16-24)29(22-26)33-23-27-18-17-25(14-6-4-2)30(31)34-27/h10-12,15-16,19-20,22,25,27H,3-9,13-14,17-18,21,23H2,1-2H3/t25-,27+/m1/s1. The van der Waals surface area contributed by atoms with E-state index in [1.54, 1.807) is 0 Å². The van der Waals surface area contributed by atoms with Gasteiger partial charge < -0.3 is 14.2 Å². The molecule has 0 radical (unpaired) electrons. The first-order valence-corrected chi connectivity index (χ1v) is 13.4. The summed E-state index contributed by atoms with van der Waals surface area (Å²) in [4.78, 5) is 12.4. The van der Waals surface area contributed by atoms with Gasteiger partial charge in [-0.25, -0.2) is 0 Å². The van der Waals surface area contributed by atoms with Gasteiger partial charge in [0.2, 0.25) is 0 Å². The average molecular weight is 467 g/mol. The Kier molecular flexibility index (Phi) is 11.3. The molecule has 0 aromatic heterocycles. The maximum atomic E-state index is 12.4. The van der Waals surface area contributed by atoms with E-state index in [2.05, 4.69) is 32.0 Å². The molecule has 0 amide bonds. The smallest absolute Gasteiger partial charge is 0.309 e. The molecule has 1 fully saturated rings. The van der Waals surface area contributed by atoms with Crippen molar-refractivity contribution in [1.82, 2.24) is 0 Å². The van der Waals surface area contributed by atoms with E-state index in [1.807, 2.05) is 30.3 Å². The lowest BCUT2D eigenvalue weighted by molar-refractivity contribution is -0.162. The van der Waals surface area contributed by atoms with Crippen LogP contribution in [-0.2, 0) is 9.53 Å². The van der Waals surface area contributed by atoms with Crippen LogP contribution in [-0.4, -0.2) is 25.3 Å². The maximum Gasteiger partial charge on any atom is 0.309 e. The van der Waals surface area contributed by atoms with Gasteiger partial charge in [0, 0.05) is 11.6 Å². The lowest BCUT2D eigenvalue weighted by Crippen LogP contribution is -2.34. The highest BCUT2D eigenvalue weighted by Crippen LogP contribution is 2.34. The molecule has 0 bridgehead atoms. The second-order valence-corrected chi connectivity index (χ2v) is 9.43. The number of hydrogen-bond donors (Lipinski definition) is 0. The molecule has 3 rings (SSSR count). The third-order valence-electron chi connectivity index (χ3n) is 6.59. The lowest BCUT2D eigenvalue weighted by atomic mass is 9.93. The summed E-state index contributed by atoms with van der Waals surface area (Å²) < 4.78 is 18.0. The number of benzene rings is 2. The van der Waals surface area contributed by atoms with Crippen molar-refractivity contribution in [2.75, 3.05) is 13.2 Å². The van der Waals surface area contributed by atoms with Crippen LogP contribution in [0, 0.1) is 5.92 Å². The van der Waals surface area contributed by atoms with Gasteiger partial charge in [-0.3, -0.25) is 4.79 Å². The van der Waals surface area contributed by atoms with Crippen LogP contribution in [0.3, 0.4) is 0 Å². The van der Waals surface area contributed by atoms with E-state index >= 15 is 0 Å². The van der Waals surface area contributed by atoms with Crippen LogP contribution >= 0.6 is 0 Å². The van der Waals surface area contributed by atoms with Crippen molar-refractivity contribution in [1.29, 1.82) is 0 Å². The number of carbonyl (C=O) groups excluding carboxylic acids is 1. The third-order valence-corrected chi connectivity index (χ3v) is 6.59. The Morgan fingerprint density at radius 1 is 0.853 bits per heavy atom. The zero-order chi connectivity index (χ0) is 24.0. The fourth-order valence-corrected chi connectivity index (χ4v) is 4.48. The molecular formula is C30H42O4. The molecule has 1 saturated heterocycles. The Bertz CT molecular complexity index is 848. The van der Waals surface area contributed by atoms with Gasteiger partial charge in [0.15, 0.2) is 0 Å². The molecule has 4 nitrogen and oxygen atoms in total. The minimum absolute atomic E-state index is 0.0507. The summed E-state index contributed by atoms with van der Waals surface area (Å²) >= 11 is 0. The number of hydrogen-bond acceptors (Lipinski definition) is 4. The highest BCUT2D eigenvalue weighted by molar-refractivity contribution is 5.73. The van der Waals surface area contributed by atoms with Crippen LogP contribution in [0.2, 0.25) is 0 Å². The molecule has 0 saturated carbocycles. The van der Waals surface area contributed by atoms with Crippen LogP contribution in [0.25, 0.3) is 11.1 Å². The van der Waals surface area contributed by atoms with Crippen LogP contribution in [0.5, 0.6) is 11.5 Å². The van der Waals surface area contributed by atoms with E-state index in [4.69, 9.17) is 14.2 Å². The Hall–Kier alpha value is -2.49. The highest BCUT2D eigenvalue weighted by Gasteiger charge is 2.30. The van der Waals surface area contributed by atoms with E-state index in [0.29, 0.717) is 6.61 Å². The SMILES string of the molecule is CCCCCCCCOc1ccc(-c2ccccc2)c(OC[C@@H]2CC[C@@H](CCCC)C(=O)O2)c1. The molecule has 186 valence electrons. The molecule has 2 aromatic rings. The molecule has 1 heterocycles. The van der Waals surface area contributed by atoms with Crippen molar-refractivity contribution in [3.05, 3.63) is 48.5 Å². The minimum Gasteiger partial charge on any atom is -0.493 e. The molecule has 1 aliphatic rings. The van der Waals surface area contributed by atoms with Gasteiger partial charge in [-0.1, -0.05) is 89.1 Å². The first kappa shape index (κ1) is 26.1. The second kappa shape index (κ2) is 14.7. The summed E-state index contributed by atoms with van der Waals surface area (Å²) in [5.41, 5.74) is 2.12. The third kappa shape index (κ3) is 8.38. The van der Waals surface area contributed by atoms with Crippen molar-refractivity contribution < 1.29 is 19.0 Å². The van der Waals surface area contributed by atoms with Crippen LogP contribution in [0.1, 0.15) is 84.5 Å². The monoisotopic (exact) mass is 466 g/mol. The number of ether oxygens (including phenoxy) is 3. The van der Waals surface area contributed by atoms with Crippen molar-refractivity contribution in [3.63, 3.8) is 0 Å². The number of carbonyl (C=O) groups is 1. The molecule has 34 heavy (non-hydrogen) atoms. The lowest BCUT2D eigenvalue weighted by Gasteiger charge is -2.28. The van der Waals surface area contributed by atoms with E-state index in [1.165, 1.54) is 32.1 Å². The summed E-state index contributed by atoms with van der Waals surface area (Å²) in [6.07, 6.45) is 12.1. The molecule has 0 N–H and O–H groups in total. The van der Waals surface area contributed by atoms with Crippen LogP contribution in [0.4, 0.5) is 0 Å². The largest absolute Gasteiger partial charge is 0.493 e. The predicted octanol–water partition coefficient (Wildman–Crippen LogP) is 7.98. The number of unbranched alkanes of at least 4 members (excludes halogenated alkanes) is 6. The van der Waals surface area contributed by atoms with E-state index in [0.717, 1.165) is 67.8 Å². The maximum absolute atomic E-state index is 12.4. The summed E-state index contributed by atoms with van der Waals surface area (Å²) in [5.74, 6) is 1.58. The van der Waals surface area contributed by atoms with Gasteiger partial charge in [-0.05, 0) is 43.4 Å². The zero-order valence-corrected chi connectivity index (χ0v) is 21.1. The Labute approximate surface area is 206 Å². The topological polar surface area (TPSA) is 44.8 Å². The molecule has 2 atom stereocenters. The van der Waals surface area contributed by atoms with Gasteiger partial charge in [0.05, 0.1) is 12.5 Å². The molecule has 0 aliphatic carbocycles. The van der Waals surface area contributed by atoms with E-state index < -0.39 is 0 Å². The minimum atomic E-state index is -0.193. The van der Waals surface area contributed by atoms with E-state index in [-0.39, 0.29) is 18.0 Å². The first-order chi connectivity index (χ1) is 16.7. The fourth-order valence-electron chi connectivity index (χ4n) is 4.48. The van der Waals surface area contributed by atoms with Crippen molar-refractivity contribution >= 4 is 5.97 Å². The normalized spacial score (nSPS) is 17.9. The zero-order valence-electron chi connectivity index (χ0n) is 21.1. The predicted molar refractivity (Wildman–Crippen MR) is 138 cm³/mol. The second-order valence-electron chi connectivity index (χ2n) is 9.43. The van der Waals surface area contributed by atoms with Crippen molar-refractivity contribution in [3.8, 4) is 22.6 Å². The molecule has 0 spiro atoms. The average Bonchev–Trinajstić information content (AvgIpc) is 2.87. The van der Waals surface area contributed by atoms with Gasteiger partial charge in [-0.2, -0.15) is 0 Å². The Balaban J connectivity index is 1.58. The summed E-state index contributed by atoms with van der Waals surface area (Å²) in [6, 6.07) is 16.3. The van der Waals surface area contributed by atoms with Gasteiger partial charge in [0.25, 0.3) is 0 Å². The summed E-state index contributed by atoms with van der Waals surface area (Å²) in [6.45, 7) is 5.48. The summed E-state index contributed by atoms with van der Waals surface area (Å²) in [7, 11) is 0. The van der Waals surface area contributed by atoms with Crippen molar-refractivity contribution in [2.24, 2.45) is 5.92 Å². The van der Waals surface area contributed by atoms with Crippen LogP contribution < -0.4 is 9.47 Å². The quantitative estimate of drug-likeness (QED) is 0.197. The molecule has 0 unspecified atom stereocenters. The Morgan fingerprint density at radius 2 is 1.62 bits per heavy atom. The fraction of sp³-hybridized carbons (Fsp3) is 0.567. The number of esters is 1. The van der Waals surface area contributed by atoms with Crippen LogP contribution in [0.15, 0.2) is 48.5 Å². The molecule has 4 heteroatoms. The summed E-state index contributed by atoms with van der Waals surface area (Å²) in [5, 5.41) is 0. The van der Waals surface area contributed by atoms with Gasteiger partial charge in [-0.15, -0.1) is 0 Å². The molecule has 2 aromatic carbocycles. The van der Waals surface area contributed by atoms with Crippen molar-refractivity contribution in [2.45, 2.75) is 90.6 Å². The van der Waals surface area contributed by atoms with Gasteiger partial charge in [0.1, 0.15) is 24.2 Å². The molecule has 1 aliphatic heterocycles. The first-order valence-electron chi connectivity index (χ1n) is 13.4. The van der Waals surface area contributed by atoms with Gasteiger partial charge >= 0.3 is 5.97 Å².